The van der Waals surface area contributed by atoms with Gasteiger partial charge in [-0.15, -0.1) is 0 Å². The lowest BCUT2D eigenvalue weighted by molar-refractivity contribution is 0.102. The summed E-state index contributed by atoms with van der Waals surface area (Å²) in [5, 5.41) is 6.05. The van der Waals surface area contributed by atoms with Crippen LogP contribution in [0.4, 0.5) is 11.4 Å². The van der Waals surface area contributed by atoms with Gasteiger partial charge < -0.3 is 10.6 Å². The van der Waals surface area contributed by atoms with Crippen LogP contribution in [0.2, 0.25) is 0 Å². The van der Waals surface area contributed by atoms with E-state index < -0.39 is 0 Å². The molecule has 0 spiro atoms. The first kappa shape index (κ1) is 15.6. The van der Waals surface area contributed by atoms with Gasteiger partial charge in [0.2, 0.25) is 0 Å². The number of carbonyl (C=O) groups is 1. The van der Waals surface area contributed by atoms with Gasteiger partial charge in [0.05, 0.1) is 0 Å². The van der Waals surface area contributed by atoms with Crippen LogP contribution in [0.1, 0.15) is 27.0 Å². The molecule has 0 aromatic heterocycles. The van der Waals surface area contributed by atoms with Gasteiger partial charge in [-0.1, -0.05) is 15.9 Å². The molecule has 3 nitrogen and oxygen atoms in total. The molecule has 0 radical (unpaired) electrons. The highest BCUT2D eigenvalue weighted by atomic mass is 79.9. The number of amides is 1. The fraction of sp³-hybridized carbons (Fsp3) is 0.235. The maximum atomic E-state index is 12.3. The first-order valence-electron chi connectivity index (χ1n) is 6.79. The highest BCUT2D eigenvalue weighted by Crippen LogP contribution is 2.25. The third-order valence-corrected chi connectivity index (χ3v) is 4.70. The largest absolute Gasteiger partial charge is 0.388 e. The number of halogens is 1. The summed E-state index contributed by atoms with van der Waals surface area (Å²) in [6.07, 6.45) is 0. The summed E-state index contributed by atoms with van der Waals surface area (Å²) in [5.41, 5.74) is 5.76. The lowest BCUT2D eigenvalue weighted by Crippen LogP contribution is -2.12. The molecule has 2 N–H and O–H groups in total. The highest BCUT2D eigenvalue weighted by Gasteiger charge is 2.09. The molecule has 0 aliphatic carbocycles. The van der Waals surface area contributed by atoms with E-state index in [1.54, 1.807) is 0 Å². The van der Waals surface area contributed by atoms with Crippen molar-refractivity contribution >= 4 is 33.2 Å². The molecule has 0 aliphatic rings. The van der Waals surface area contributed by atoms with E-state index in [0.29, 0.717) is 5.56 Å². The molecule has 1 amide bonds. The van der Waals surface area contributed by atoms with E-state index in [1.807, 2.05) is 58.2 Å². The smallest absolute Gasteiger partial charge is 0.255 e. The summed E-state index contributed by atoms with van der Waals surface area (Å²) < 4.78 is 1.08. The van der Waals surface area contributed by atoms with Gasteiger partial charge in [-0.2, -0.15) is 0 Å². The van der Waals surface area contributed by atoms with E-state index in [9.17, 15) is 4.79 Å². The van der Waals surface area contributed by atoms with Crippen molar-refractivity contribution in [1.29, 1.82) is 0 Å². The van der Waals surface area contributed by atoms with E-state index >= 15 is 0 Å². The summed E-state index contributed by atoms with van der Waals surface area (Å²) in [6, 6.07) is 9.56. The predicted octanol–water partition coefficient (Wildman–Crippen LogP) is 4.67. The maximum Gasteiger partial charge on any atom is 0.255 e. The van der Waals surface area contributed by atoms with Crippen LogP contribution in [0.15, 0.2) is 34.8 Å². The Morgan fingerprint density at radius 3 is 2.14 bits per heavy atom. The number of nitrogens with one attached hydrogen (secondary N) is 2. The second-order valence-corrected chi connectivity index (χ2v) is 5.95. The van der Waals surface area contributed by atoms with E-state index in [4.69, 9.17) is 0 Å². The van der Waals surface area contributed by atoms with Crippen LogP contribution in [-0.4, -0.2) is 13.0 Å². The third kappa shape index (κ3) is 3.45. The summed E-state index contributed by atoms with van der Waals surface area (Å²) >= 11 is 3.53. The molecule has 2 aromatic rings. The van der Waals surface area contributed by atoms with E-state index in [0.717, 1.165) is 32.5 Å². The van der Waals surface area contributed by atoms with Crippen LogP contribution in [-0.2, 0) is 0 Å². The monoisotopic (exact) mass is 346 g/mol. The number of rotatable bonds is 3. The van der Waals surface area contributed by atoms with E-state index in [1.165, 1.54) is 0 Å². The van der Waals surface area contributed by atoms with Gasteiger partial charge in [0, 0.05) is 28.5 Å². The summed E-state index contributed by atoms with van der Waals surface area (Å²) in [5.74, 6) is -0.0955. The topological polar surface area (TPSA) is 41.1 Å². The molecule has 0 unspecified atom stereocenters. The van der Waals surface area contributed by atoms with E-state index in [-0.39, 0.29) is 5.91 Å². The minimum absolute atomic E-state index is 0.0955. The van der Waals surface area contributed by atoms with Gasteiger partial charge in [0.1, 0.15) is 0 Å². The van der Waals surface area contributed by atoms with Crippen molar-refractivity contribution in [2.75, 3.05) is 17.7 Å². The first-order chi connectivity index (χ1) is 9.92. The molecule has 21 heavy (non-hydrogen) atoms. The molecule has 0 saturated carbocycles. The Labute approximate surface area is 133 Å². The SMILES string of the molecule is CNc1ccc(C(=O)Nc2cc(C)c(Br)c(C)c2)cc1C. The average Bonchev–Trinajstić information content (AvgIpc) is 2.44. The van der Waals surface area contributed by atoms with Crippen molar-refractivity contribution in [3.8, 4) is 0 Å². The fourth-order valence-corrected chi connectivity index (χ4v) is 2.54. The Hall–Kier alpha value is -1.81. The molecule has 0 atom stereocenters. The van der Waals surface area contributed by atoms with Crippen molar-refractivity contribution in [3.05, 3.63) is 57.1 Å². The fourth-order valence-electron chi connectivity index (χ4n) is 2.31. The first-order valence-corrected chi connectivity index (χ1v) is 7.58. The Morgan fingerprint density at radius 1 is 1.00 bits per heavy atom. The van der Waals surface area contributed by atoms with Crippen molar-refractivity contribution in [1.82, 2.24) is 0 Å². The second-order valence-electron chi connectivity index (χ2n) is 5.16. The number of carbonyl (C=O) groups excluding carboxylic acids is 1. The summed E-state index contributed by atoms with van der Waals surface area (Å²) in [7, 11) is 1.87. The number of aryl methyl sites for hydroxylation is 3. The predicted molar refractivity (Wildman–Crippen MR) is 92.3 cm³/mol. The molecule has 110 valence electrons. The normalized spacial score (nSPS) is 10.3. The standard InChI is InChI=1S/C17H19BrN2O/c1-10-7-13(5-6-15(10)19-4)17(21)20-14-8-11(2)16(18)12(3)9-14/h5-9,19H,1-4H3,(H,20,21). The van der Waals surface area contributed by atoms with Crippen molar-refractivity contribution in [2.24, 2.45) is 0 Å². The molecule has 4 heteroatoms. The minimum atomic E-state index is -0.0955. The highest BCUT2D eigenvalue weighted by molar-refractivity contribution is 9.10. The Morgan fingerprint density at radius 2 is 1.62 bits per heavy atom. The number of anilines is 2. The van der Waals surface area contributed by atoms with Crippen LogP contribution in [0, 0.1) is 20.8 Å². The van der Waals surface area contributed by atoms with Crippen LogP contribution in [0.5, 0.6) is 0 Å². The van der Waals surface area contributed by atoms with Crippen LogP contribution in [0.3, 0.4) is 0 Å². The van der Waals surface area contributed by atoms with Crippen LogP contribution in [0.25, 0.3) is 0 Å². The maximum absolute atomic E-state index is 12.3. The Bertz CT molecular complexity index is 672. The van der Waals surface area contributed by atoms with Gasteiger partial charge in [0.15, 0.2) is 0 Å². The zero-order valence-corrected chi connectivity index (χ0v) is 14.3. The summed E-state index contributed by atoms with van der Waals surface area (Å²) in [6.45, 7) is 6.01. The molecule has 0 saturated heterocycles. The molecule has 2 aromatic carbocycles. The van der Waals surface area contributed by atoms with Crippen molar-refractivity contribution in [2.45, 2.75) is 20.8 Å². The van der Waals surface area contributed by atoms with Crippen LogP contribution < -0.4 is 10.6 Å². The number of hydrogen-bond acceptors (Lipinski definition) is 2. The number of benzene rings is 2. The zero-order valence-electron chi connectivity index (χ0n) is 12.7. The molecular weight excluding hydrogens is 328 g/mol. The Balaban J connectivity index is 2.24. The molecule has 0 aliphatic heterocycles. The number of hydrogen-bond donors (Lipinski definition) is 2. The van der Waals surface area contributed by atoms with Gasteiger partial charge in [0.25, 0.3) is 5.91 Å². The van der Waals surface area contributed by atoms with Crippen molar-refractivity contribution < 1.29 is 4.79 Å². The minimum Gasteiger partial charge on any atom is -0.388 e. The van der Waals surface area contributed by atoms with Gasteiger partial charge in [-0.05, 0) is 67.8 Å². The molecule has 0 bridgehead atoms. The third-order valence-electron chi connectivity index (χ3n) is 3.45. The van der Waals surface area contributed by atoms with Gasteiger partial charge >= 0.3 is 0 Å². The molecular formula is C17H19BrN2O. The second kappa shape index (κ2) is 6.31. The lowest BCUT2D eigenvalue weighted by atomic mass is 10.1. The van der Waals surface area contributed by atoms with Crippen molar-refractivity contribution in [3.63, 3.8) is 0 Å². The average molecular weight is 347 g/mol. The molecule has 2 rings (SSSR count). The van der Waals surface area contributed by atoms with Gasteiger partial charge in [-0.3, -0.25) is 4.79 Å². The molecule has 0 heterocycles. The van der Waals surface area contributed by atoms with Gasteiger partial charge in [-0.25, -0.2) is 0 Å². The Kier molecular flexibility index (Phi) is 4.68. The quantitative estimate of drug-likeness (QED) is 0.847. The molecule has 0 fully saturated rings. The van der Waals surface area contributed by atoms with Crippen LogP contribution >= 0.6 is 15.9 Å². The lowest BCUT2D eigenvalue weighted by Gasteiger charge is -2.11. The zero-order chi connectivity index (χ0) is 15.6. The van der Waals surface area contributed by atoms with E-state index in [2.05, 4.69) is 26.6 Å². The summed E-state index contributed by atoms with van der Waals surface area (Å²) in [4.78, 5) is 12.3.